The molecule has 26 nitrogen and oxygen atoms in total. The number of nitriles is 4. The van der Waals surface area contributed by atoms with Crippen molar-refractivity contribution in [3.05, 3.63) is 352 Å². The van der Waals surface area contributed by atoms with E-state index in [0.29, 0.717) is 136 Å². The van der Waals surface area contributed by atoms with E-state index in [1.54, 1.807) is 51.1 Å². The van der Waals surface area contributed by atoms with Gasteiger partial charge in [-0.2, -0.15) is 21.0 Å². The molecule has 7 N–H and O–H groups in total. The predicted octanol–water partition coefficient (Wildman–Crippen LogP) is 25.9. The van der Waals surface area contributed by atoms with Crippen molar-refractivity contribution in [3.63, 3.8) is 0 Å². The summed E-state index contributed by atoms with van der Waals surface area (Å²) in [5, 5.41) is 55.7. The molecule has 0 radical (unpaired) electrons. The van der Waals surface area contributed by atoms with E-state index in [4.69, 9.17) is 88.4 Å². The SMILES string of the molecule is CCOC(=O)CCc1ccc(-c2ccc(Cl)cc2N(C)C)n1-c1ccc(C#N)cc1C.CCOC(=O)CCc1ccc(-c2ccc(Cl)cc2N)n1-c1ccc(C#N)cc1C.CCOC(=O)CCc1ccc(-c2ccc(Cl)cc2NC)n1-c1ccc(C#N)cc1C.CCOC(=O)CCc1ccc(-c2ccc(Cl)cc2NC)n1-c1ccc(C#N)cc1C.Cc1cc(C(N)=O)ccc1-n1c(CCC(=O)O)ccc1-c1ccc(Cl)cc1N(C)C. The summed E-state index contributed by atoms with van der Waals surface area (Å²) in [6.07, 6.45) is 3.71. The molecule has 0 bridgehead atoms. The number of esters is 4. The number of benzene rings is 10. The third-order valence-corrected chi connectivity index (χ3v) is 25.9. The summed E-state index contributed by atoms with van der Waals surface area (Å²) in [6, 6.07) is 85.0. The minimum absolute atomic E-state index is 0.0169. The fourth-order valence-corrected chi connectivity index (χ4v) is 18.6. The van der Waals surface area contributed by atoms with Gasteiger partial charge in [0, 0.05) is 186 Å². The number of hydrogen-bond acceptors (Lipinski definition) is 19. The van der Waals surface area contributed by atoms with Gasteiger partial charge in [0.25, 0.3) is 0 Å². The van der Waals surface area contributed by atoms with Gasteiger partial charge in [0.1, 0.15) is 0 Å². The zero-order valence-electron chi connectivity index (χ0n) is 86.5. The fourth-order valence-electron chi connectivity index (χ4n) is 17.7. The summed E-state index contributed by atoms with van der Waals surface area (Å²) >= 11 is 30.9. The highest BCUT2D eigenvalue weighted by Crippen LogP contribution is 2.43. The Labute approximate surface area is 900 Å². The average Bonchev–Trinajstić information content (AvgIpc) is 1.63. The van der Waals surface area contributed by atoms with Crippen LogP contribution in [0.5, 0.6) is 0 Å². The second-order valence-electron chi connectivity index (χ2n) is 35.4. The van der Waals surface area contributed by atoms with Gasteiger partial charge in [-0.15, -0.1) is 0 Å². The number of aliphatic carboxylic acids is 1. The Hall–Kier alpha value is -16.2. The molecule has 0 saturated carbocycles. The molecule has 0 atom stereocenters. The number of nitrogen functional groups attached to an aromatic ring is 1. The number of hydrogen-bond donors (Lipinski definition) is 5. The van der Waals surface area contributed by atoms with Crippen molar-refractivity contribution in [2.24, 2.45) is 5.73 Å². The van der Waals surface area contributed by atoms with E-state index in [2.05, 4.69) is 59.2 Å². The maximum Gasteiger partial charge on any atom is 0.306 e. The second kappa shape index (κ2) is 54.0. The number of halogens is 5. The van der Waals surface area contributed by atoms with Gasteiger partial charge in [0.15, 0.2) is 0 Å². The molecule has 0 fully saturated rings. The molecular formula is C119H120Cl5N15O11. The number of nitrogens with one attached hydrogen (secondary N) is 2. The van der Waals surface area contributed by atoms with Gasteiger partial charge in [-0.25, -0.2) is 0 Å². The number of carboxylic acid groups (broad SMARTS) is 1. The molecule has 0 spiro atoms. The molecule has 31 heteroatoms. The molecule has 0 aliphatic carbocycles. The summed E-state index contributed by atoms with van der Waals surface area (Å²) < 4.78 is 30.9. The van der Waals surface area contributed by atoms with Crippen molar-refractivity contribution in [1.29, 1.82) is 21.0 Å². The molecule has 0 saturated heterocycles. The van der Waals surface area contributed by atoms with Crippen LogP contribution in [0.1, 0.15) is 149 Å². The molecule has 15 rings (SSSR count). The van der Waals surface area contributed by atoms with Gasteiger partial charge in [0.05, 0.1) is 134 Å². The summed E-state index contributed by atoms with van der Waals surface area (Å²) in [6.45, 7) is 18.5. The Bertz CT molecular complexity index is 7470. The lowest BCUT2D eigenvalue weighted by atomic mass is 10.1. The van der Waals surface area contributed by atoms with Gasteiger partial charge < -0.3 is 78.8 Å². The Balaban J connectivity index is 0.000000178. The van der Waals surface area contributed by atoms with E-state index < -0.39 is 11.9 Å². The van der Waals surface area contributed by atoms with E-state index in [0.717, 1.165) is 164 Å². The van der Waals surface area contributed by atoms with Crippen LogP contribution in [0.15, 0.2) is 243 Å². The predicted molar refractivity (Wildman–Crippen MR) is 600 cm³/mol. The van der Waals surface area contributed by atoms with Gasteiger partial charge in [-0.05, 0) is 365 Å². The Morgan fingerprint density at radius 2 is 0.573 bits per heavy atom. The van der Waals surface area contributed by atoms with Crippen LogP contribution in [-0.4, -0.2) is 132 Å². The van der Waals surface area contributed by atoms with Crippen molar-refractivity contribution >= 4 is 122 Å². The Kier molecular flexibility index (Phi) is 41.1. The van der Waals surface area contributed by atoms with Crippen LogP contribution in [0.25, 0.3) is 84.7 Å². The van der Waals surface area contributed by atoms with Crippen LogP contribution in [0, 0.1) is 79.9 Å². The molecule has 15 aromatic rings. The number of anilines is 5. The third kappa shape index (κ3) is 28.8. The Morgan fingerprint density at radius 3 is 0.820 bits per heavy atom. The number of nitrogens with zero attached hydrogens (tertiary/aromatic N) is 11. The lowest BCUT2D eigenvalue weighted by Gasteiger charge is -2.21. The maximum absolute atomic E-state index is 12.0. The molecule has 1 amide bonds. The first-order chi connectivity index (χ1) is 71.9. The van der Waals surface area contributed by atoms with Gasteiger partial charge in [-0.3, -0.25) is 28.8 Å². The minimum atomic E-state index is -0.856. The van der Waals surface area contributed by atoms with Crippen LogP contribution in [0.2, 0.25) is 25.1 Å². The van der Waals surface area contributed by atoms with Crippen molar-refractivity contribution in [2.75, 3.05) is 94.9 Å². The number of nitrogens with two attached hydrogens (primary N) is 2. The molecule has 5 aromatic heterocycles. The monoisotopic (exact) mass is 2110 g/mol. The van der Waals surface area contributed by atoms with Gasteiger partial charge in [-0.1, -0.05) is 58.0 Å². The molecule has 0 aliphatic heterocycles. The Morgan fingerprint density at radius 1 is 0.327 bits per heavy atom. The number of carbonyl (C=O) groups excluding carboxylic acids is 5. The number of amides is 1. The highest BCUT2D eigenvalue weighted by molar-refractivity contribution is 6.32. The molecule has 0 aliphatic rings. The van der Waals surface area contributed by atoms with Crippen molar-refractivity contribution in [2.45, 2.75) is 127 Å². The standard InChI is InChI=1S/C25H26ClN3O2.2C24H24ClN3O2.C23H24ClN3O3.C23H22ClN3O2/c1-5-31-25(30)13-9-20-8-12-23(21-10-7-19(26)15-24(21)28(3)4)29(20)22-11-6-18(16-27)14-17(22)2;2*1-4-30-24(29)12-8-19-7-11-23(20-9-6-18(25)14-21(20)27-3)28(19)22-10-5-17(15-26)13-16(22)2;1-14-12-15(23(25)30)4-9-19(14)27-17(7-11-22(28)29)6-10-20(27)18-8-5-16(24)13-21(18)26(2)3;1-3-29-23(28)11-7-18-6-10-22(19-8-5-17(24)13-20(19)26)27(18)21-9-4-16(14-25)12-15(21)2/h6-8,10-12,14-15H,5,9,13H2,1-4H3;2*5-7,9-11,13-14,27H,4,8,12H2,1-3H3;4-6,8-10,12-13H,7,11H2,1-3H3,(H2,25,30)(H,28,29);4-6,8-10,12-13H,3,7,11,26H2,1-2H3. The lowest BCUT2D eigenvalue weighted by molar-refractivity contribution is -0.144. The van der Waals surface area contributed by atoms with E-state index >= 15 is 0 Å². The van der Waals surface area contributed by atoms with Crippen LogP contribution in [0.3, 0.4) is 0 Å². The zero-order valence-corrected chi connectivity index (χ0v) is 90.3. The largest absolute Gasteiger partial charge is 0.481 e. The quantitative estimate of drug-likeness (QED) is 0.0142. The maximum atomic E-state index is 12.0. The second-order valence-corrected chi connectivity index (χ2v) is 37.6. The molecule has 150 heavy (non-hydrogen) atoms. The summed E-state index contributed by atoms with van der Waals surface area (Å²) in [5.41, 5.74) is 42.6. The van der Waals surface area contributed by atoms with E-state index in [-0.39, 0.29) is 36.7 Å². The smallest absolute Gasteiger partial charge is 0.306 e. The summed E-state index contributed by atoms with van der Waals surface area (Å²) in [7, 11) is 11.6. The van der Waals surface area contributed by atoms with E-state index in [1.807, 2.05) is 304 Å². The topological polar surface area (TPSA) is 362 Å². The number of primary amides is 1. The fraction of sp³-hybridized carbons (Fsp3) is 0.244. The number of ether oxygens (including phenoxy) is 4. The van der Waals surface area contributed by atoms with Crippen molar-refractivity contribution < 1.29 is 52.8 Å². The first-order valence-corrected chi connectivity index (χ1v) is 50.6. The molecule has 10 aromatic carbocycles. The van der Waals surface area contributed by atoms with Crippen molar-refractivity contribution in [1.82, 2.24) is 22.8 Å². The number of aryl methyl sites for hydroxylation is 10. The highest BCUT2D eigenvalue weighted by atomic mass is 35.5. The first kappa shape index (κ1) is 114. The lowest BCUT2D eigenvalue weighted by Crippen LogP contribution is -2.13. The highest BCUT2D eigenvalue weighted by Gasteiger charge is 2.27. The van der Waals surface area contributed by atoms with E-state index in [1.165, 1.54) is 0 Å². The van der Waals surface area contributed by atoms with E-state index in [9.17, 15) is 54.9 Å². The summed E-state index contributed by atoms with van der Waals surface area (Å²) in [4.78, 5) is 74.5. The number of carbonyl (C=O) groups is 6. The average molecular weight is 2110 g/mol. The first-order valence-electron chi connectivity index (χ1n) is 48.7. The summed E-state index contributed by atoms with van der Waals surface area (Å²) in [5.74, 6) is -2.23. The minimum Gasteiger partial charge on any atom is -0.481 e. The molecular weight excluding hydrogens is 1990 g/mol. The van der Waals surface area contributed by atoms with Crippen LogP contribution in [-0.2, 0) is 75.0 Å². The van der Waals surface area contributed by atoms with Crippen LogP contribution in [0.4, 0.5) is 28.4 Å². The molecule has 0 unspecified atom stereocenters. The zero-order chi connectivity index (χ0) is 109. The number of aromatic nitrogens is 5. The molecule has 772 valence electrons. The van der Waals surface area contributed by atoms with Crippen molar-refractivity contribution in [3.8, 4) is 109 Å². The number of carboxylic acids is 1. The van der Waals surface area contributed by atoms with Gasteiger partial charge >= 0.3 is 29.8 Å². The van der Waals surface area contributed by atoms with Crippen LogP contribution >= 0.6 is 58.0 Å². The number of rotatable bonds is 34. The molecule has 5 heterocycles. The van der Waals surface area contributed by atoms with Crippen LogP contribution < -0.4 is 31.9 Å². The van der Waals surface area contributed by atoms with Gasteiger partial charge in [0.2, 0.25) is 5.91 Å². The third-order valence-electron chi connectivity index (χ3n) is 24.7. The normalized spacial score (nSPS) is 10.6.